The number of ether oxygens (including phenoxy) is 1. The molecular formula is C28H33ClN3O4S-. The maximum absolute atomic E-state index is 13.5. The fourth-order valence-corrected chi connectivity index (χ4v) is 6.45. The first-order valence-corrected chi connectivity index (χ1v) is 13.5. The van der Waals surface area contributed by atoms with Crippen molar-refractivity contribution in [2.75, 3.05) is 42.9 Å². The third-order valence-corrected chi connectivity index (χ3v) is 8.60. The van der Waals surface area contributed by atoms with E-state index < -0.39 is 10.0 Å². The van der Waals surface area contributed by atoms with Gasteiger partial charge in [0.05, 0.1) is 28.9 Å². The molecule has 0 atom stereocenters. The summed E-state index contributed by atoms with van der Waals surface area (Å²) in [4.78, 5) is 17.7. The van der Waals surface area contributed by atoms with Crippen LogP contribution in [0.25, 0.3) is 0 Å². The molecule has 198 valence electrons. The van der Waals surface area contributed by atoms with Crippen LogP contribution in [0.15, 0.2) is 59.5 Å². The van der Waals surface area contributed by atoms with E-state index in [1.807, 2.05) is 58.0 Å². The first kappa shape index (κ1) is 28.3. The van der Waals surface area contributed by atoms with Crippen LogP contribution in [0.3, 0.4) is 0 Å². The predicted octanol–water partition coefficient (Wildman–Crippen LogP) is 1.70. The highest BCUT2D eigenvalue weighted by molar-refractivity contribution is 7.92. The standard InChI is InChI=1S/C28H33N3O4S.ClH/c1-19-18-20(2)22(4)27(21(19)3)36(33,34)29-24-11-7-6-10-23(24)28(32)31-16-14-30(15-17-31)25-12-8-9-13-26(25)35-5;/h6-13,18,29H,14-17H2,1-5H3;1H/p-1. The van der Waals surface area contributed by atoms with Crippen molar-refractivity contribution in [1.82, 2.24) is 4.90 Å². The second-order valence-corrected chi connectivity index (χ2v) is 10.8. The Morgan fingerprint density at radius 3 is 2.05 bits per heavy atom. The molecule has 0 aliphatic carbocycles. The number of aryl methyl sites for hydroxylation is 2. The van der Waals surface area contributed by atoms with E-state index in [0.29, 0.717) is 42.9 Å². The molecule has 3 aromatic carbocycles. The maximum atomic E-state index is 13.5. The van der Waals surface area contributed by atoms with Crippen LogP contribution in [0.5, 0.6) is 5.75 Å². The fraction of sp³-hybridized carbons (Fsp3) is 0.321. The largest absolute Gasteiger partial charge is 1.00 e. The SMILES string of the molecule is COc1ccccc1N1CCN(C(=O)c2ccccc2NS(=O)(=O)c2c(C)c(C)cc(C)c2C)CC1.[Cl-]. The van der Waals surface area contributed by atoms with Crippen molar-refractivity contribution in [3.05, 3.63) is 82.4 Å². The monoisotopic (exact) mass is 542 g/mol. The highest BCUT2D eigenvalue weighted by Gasteiger charge is 2.28. The van der Waals surface area contributed by atoms with Crippen molar-refractivity contribution in [1.29, 1.82) is 0 Å². The molecule has 0 saturated carbocycles. The van der Waals surface area contributed by atoms with Crippen LogP contribution < -0.4 is 26.8 Å². The lowest BCUT2D eigenvalue weighted by Gasteiger charge is -2.36. The Labute approximate surface area is 225 Å². The van der Waals surface area contributed by atoms with Crippen LogP contribution >= 0.6 is 0 Å². The molecule has 1 fully saturated rings. The second-order valence-electron chi connectivity index (χ2n) is 9.19. The predicted molar refractivity (Wildman–Crippen MR) is 144 cm³/mol. The molecule has 0 unspecified atom stereocenters. The molecule has 0 spiro atoms. The lowest BCUT2D eigenvalue weighted by Crippen LogP contribution is -3.00. The summed E-state index contributed by atoms with van der Waals surface area (Å²) in [5, 5.41) is 0. The van der Waals surface area contributed by atoms with Gasteiger partial charge in [-0.25, -0.2) is 8.42 Å². The highest BCUT2D eigenvalue weighted by Crippen LogP contribution is 2.31. The summed E-state index contributed by atoms with van der Waals surface area (Å²) < 4.78 is 35.2. The van der Waals surface area contributed by atoms with Gasteiger partial charge in [0.1, 0.15) is 5.75 Å². The average Bonchev–Trinajstić information content (AvgIpc) is 2.87. The third-order valence-electron chi connectivity index (χ3n) is 6.96. The fourth-order valence-electron chi connectivity index (χ4n) is 4.75. The number of sulfonamides is 1. The number of carbonyl (C=O) groups is 1. The van der Waals surface area contributed by atoms with Crippen molar-refractivity contribution in [2.45, 2.75) is 32.6 Å². The van der Waals surface area contributed by atoms with Crippen molar-refractivity contribution in [3.8, 4) is 5.75 Å². The molecule has 7 nitrogen and oxygen atoms in total. The molecule has 3 aromatic rings. The minimum Gasteiger partial charge on any atom is -1.00 e. The number of halogens is 1. The van der Waals surface area contributed by atoms with Gasteiger partial charge in [0.2, 0.25) is 0 Å². The number of amides is 1. The molecule has 1 heterocycles. The molecule has 0 aromatic heterocycles. The Hall–Kier alpha value is -3.23. The Morgan fingerprint density at radius 2 is 1.43 bits per heavy atom. The number of piperazine rings is 1. The number of carbonyl (C=O) groups excluding carboxylic acids is 1. The van der Waals surface area contributed by atoms with E-state index in [1.165, 1.54) is 0 Å². The molecule has 0 radical (unpaired) electrons. The first-order valence-electron chi connectivity index (χ1n) is 12.0. The normalized spacial score (nSPS) is 13.6. The van der Waals surface area contributed by atoms with Crippen molar-refractivity contribution < 1.29 is 30.4 Å². The summed E-state index contributed by atoms with van der Waals surface area (Å²) in [5.74, 6) is 0.607. The van der Waals surface area contributed by atoms with Gasteiger partial charge in [-0.1, -0.05) is 30.3 Å². The number of benzene rings is 3. The van der Waals surface area contributed by atoms with E-state index in [1.54, 1.807) is 36.3 Å². The zero-order valence-electron chi connectivity index (χ0n) is 21.8. The van der Waals surface area contributed by atoms with Crippen LogP contribution in [-0.4, -0.2) is 52.5 Å². The average molecular weight is 543 g/mol. The molecule has 1 aliphatic rings. The van der Waals surface area contributed by atoms with E-state index in [4.69, 9.17) is 4.74 Å². The van der Waals surface area contributed by atoms with Gasteiger partial charge < -0.3 is 26.9 Å². The van der Waals surface area contributed by atoms with Gasteiger partial charge in [-0.3, -0.25) is 9.52 Å². The van der Waals surface area contributed by atoms with Crippen LogP contribution in [0.4, 0.5) is 11.4 Å². The van der Waals surface area contributed by atoms with E-state index in [9.17, 15) is 13.2 Å². The van der Waals surface area contributed by atoms with E-state index in [-0.39, 0.29) is 28.9 Å². The molecule has 4 rings (SSSR count). The van der Waals surface area contributed by atoms with Gasteiger partial charge in [-0.05, 0) is 74.2 Å². The summed E-state index contributed by atoms with van der Waals surface area (Å²) in [6.45, 7) is 9.79. The maximum Gasteiger partial charge on any atom is 0.262 e. The van der Waals surface area contributed by atoms with E-state index in [2.05, 4.69) is 9.62 Å². The Balaban J connectivity index is 0.00000380. The zero-order chi connectivity index (χ0) is 26.0. The summed E-state index contributed by atoms with van der Waals surface area (Å²) in [6.07, 6.45) is 0. The topological polar surface area (TPSA) is 79.0 Å². The number of para-hydroxylation sites is 3. The Bertz CT molecular complexity index is 1370. The molecule has 37 heavy (non-hydrogen) atoms. The van der Waals surface area contributed by atoms with Gasteiger partial charge in [0, 0.05) is 26.2 Å². The van der Waals surface area contributed by atoms with Crippen LogP contribution in [0, 0.1) is 27.7 Å². The summed E-state index contributed by atoms with van der Waals surface area (Å²) in [5.41, 5.74) is 4.87. The lowest BCUT2D eigenvalue weighted by molar-refractivity contribution is -0.0000202. The lowest BCUT2D eigenvalue weighted by atomic mass is 10.0. The number of methoxy groups -OCH3 is 1. The number of anilines is 2. The Kier molecular flexibility index (Phi) is 8.76. The van der Waals surface area contributed by atoms with Crippen LogP contribution in [0.2, 0.25) is 0 Å². The van der Waals surface area contributed by atoms with Crippen molar-refractivity contribution in [3.63, 3.8) is 0 Å². The smallest absolute Gasteiger partial charge is 0.262 e. The summed E-state index contributed by atoms with van der Waals surface area (Å²) in [6, 6.07) is 16.6. The Morgan fingerprint density at radius 1 is 0.865 bits per heavy atom. The number of rotatable bonds is 6. The quantitative estimate of drug-likeness (QED) is 0.513. The van der Waals surface area contributed by atoms with Gasteiger partial charge in [-0.2, -0.15) is 0 Å². The molecule has 9 heteroatoms. The molecular weight excluding hydrogens is 510 g/mol. The van der Waals surface area contributed by atoms with Gasteiger partial charge >= 0.3 is 0 Å². The van der Waals surface area contributed by atoms with Crippen LogP contribution in [-0.2, 0) is 10.0 Å². The molecule has 1 N–H and O–H groups in total. The zero-order valence-corrected chi connectivity index (χ0v) is 23.4. The van der Waals surface area contributed by atoms with Gasteiger partial charge in [0.15, 0.2) is 0 Å². The molecule has 1 amide bonds. The van der Waals surface area contributed by atoms with Gasteiger partial charge in [-0.15, -0.1) is 0 Å². The van der Waals surface area contributed by atoms with Crippen molar-refractivity contribution >= 4 is 27.3 Å². The minimum absolute atomic E-state index is 0. The third kappa shape index (κ3) is 5.70. The minimum atomic E-state index is -3.90. The van der Waals surface area contributed by atoms with Gasteiger partial charge in [0.25, 0.3) is 15.9 Å². The number of nitrogens with one attached hydrogen (secondary N) is 1. The van der Waals surface area contributed by atoms with Crippen molar-refractivity contribution in [2.24, 2.45) is 0 Å². The summed E-state index contributed by atoms with van der Waals surface area (Å²) in [7, 11) is -2.25. The molecule has 1 aliphatic heterocycles. The number of hydrogen-bond acceptors (Lipinski definition) is 5. The first-order chi connectivity index (χ1) is 17.1. The van der Waals surface area contributed by atoms with E-state index >= 15 is 0 Å². The molecule has 1 saturated heterocycles. The second kappa shape index (κ2) is 11.4. The number of hydrogen-bond donors (Lipinski definition) is 1. The summed E-state index contributed by atoms with van der Waals surface area (Å²) >= 11 is 0. The van der Waals surface area contributed by atoms with E-state index in [0.717, 1.165) is 22.6 Å². The van der Waals surface area contributed by atoms with Crippen LogP contribution in [0.1, 0.15) is 32.6 Å². The number of nitrogens with zero attached hydrogens (tertiary/aromatic N) is 2. The molecule has 0 bridgehead atoms. The highest BCUT2D eigenvalue weighted by atomic mass is 35.5.